The summed E-state index contributed by atoms with van der Waals surface area (Å²) in [6, 6.07) is 0. The highest BCUT2D eigenvalue weighted by atomic mass is 16.7. The van der Waals surface area contributed by atoms with Crippen molar-refractivity contribution in [3.8, 4) is 0 Å². The molecule has 1 aliphatic carbocycles. The van der Waals surface area contributed by atoms with Crippen LogP contribution in [0.3, 0.4) is 0 Å². The maximum Gasteiger partial charge on any atom is 0.168 e. The summed E-state index contributed by atoms with van der Waals surface area (Å²) in [5.74, 6) is 1.24. The topological polar surface area (TPSA) is 21.7 Å². The van der Waals surface area contributed by atoms with Crippen LogP contribution in [0.5, 0.6) is 0 Å². The van der Waals surface area contributed by atoms with Gasteiger partial charge in [-0.3, -0.25) is 0 Å². The zero-order valence-corrected chi connectivity index (χ0v) is 17.8. The SMILES string of the molecule is CCCN(CCC)CC1CCOC2(CCC(C(C)(C)C(C)C)CC2)O1. The molecule has 1 unspecified atom stereocenters. The minimum atomic E-state index is -0.281. The van der Waals surface area contributed by atoms with Crippen LogP contribution in [0, 0.1) is 17.3 Å². The summed E-state index contributed by atoms with van der Waals surface area (Å²) in [6.07, 6.45) is 8.48. The van der Waals surface area contributed by atoms with Gasteiger partial charge in [0, 0.05) is 19.4 Å². The predicted octanol–water partition coefficient (Wildman–Crippen LogP) is 5.48. The molecule has 1 saturated carbocycles. The molecule has 0 bridgehead atoms. The number of rotatable bonds is 8. The van der Waals surface area contributed by atoms with Gasteiger partial charge < -0.3 is 14.4 Å². The Morgan fingerprint density at radius 2 is 1.64 bits per heavy atom. The van der Waals surface area contributed by atoms with Gasteiger partial charge in [0.25, 0.3) is 0 Å². The summed E-state index contributed by atoms with van der Waals surface area (Å²) in [5.41, 5.74) is 0.411. The van der Waals surface area contributed by atoms with Crippen LogP contribution in [-0.2, 0) is 9.47 Å². The Morgan fingerprint density at radius 1 is 1.04 bits per heavy atom. The largest absolute Gasteiger partial charge is 0.350 e. The minimum absolute atomic E-state index is 0.281. The summed E-state index contributed by atoms with van der Waals surface area (Å²) in [7, 11) is 0. The highest BCUT2D eigenvalue weighted by Crippen LogP contribution is 2.48. The van der Waals surface area contributed by atoms with Gasteiger partial charge in [-0.2, -0.15) is 0 Å². The highest BCUT2D eigenvalue weighted by molar-refractivity contribution is 4.90. The molecule has 0 aromatic heterocycles. The van der Waals surface area contributed by atoms with Gasteiger partial charge in [-0.15, -0.1) is 0 Å². The van der Waals surface area contributed by atoms with E-state index in [0.717, 1.165) is 44.2 Å². The lowest BCUT2D eigenvalue weighted by Gasteiger charge is -2.49. The first-order chi connectivity index (χ1) is 11.8. The van der Waals surface area contributed by atoms with Crippen LogP contribution in [-0.4, -0.2) is 43.0 Å². The summed E-state index contributed by atoms with van der Waals surface area (Å²) in [4.78, 5) is 2.58. The van der Waals surface area contributed by atoms with Gasteiger partial charge in [0.1, 0.15) is 0 Å². The van der Waals surface area contributed by atoms with Crippen LogP contribution in [0.1, 0.15) is 86.5 Å². The average molecular weight is 354 g/mol. The van der Waals surface area contributed by atoms with Gasteiger partial charge in [-0.05, 0) is 62.4 Å². The van der Waals surface area contributed by atoms with Crippen molar-refractivity contribution in [1.29, 1.82) is 0 Å². The molecule has 0 N–H and O–H groups in total. The third kappa shape index (κ3) is 5.43. The molecule has 1 heterocycles. The fraction of sp³-hybridized carbons (Fsp3) is 1.00. The monoisotopic (exact) mass is 353 g/mol. The van der Waals surface area contributed by atoms with Crippen LogP contribution in [0.25, 0.3) is 0 Å². The maximum atomic E-state index is 6.60. The van der Waals surface area contributed by atoms with E-state index in [1.165, 1.54) is 38.8 Å². The molecule has 2 rings (SSSR count). The lowest BCUT2D eigenvalue weighted by Crippen LogP contribution is -2.51. The molecule has 3 nitrogen and oxygen atoms in total. The first-order valence-corrected chi connectivity index (χ1v) is 10.9. The third-order valence-electron chi connectivity index (χ3n) is 7.02. The second-order valence-corrected chi connectivity index (χ2v) is 9.34. The van der Waals surface area contributed by atoms with Crippen molar-refractivity contribution in [2.45, 2.75) is 98.4 Å². The lowest BCUT2D eigenvalue weighted by molar-refractivity contribution is -0.311. The van der Waals surface area contributed by atoms with Gasteiger partial charge >= 0.3 is 0 Å². The first kappa shape index (κ1) is 21.2. The van der Waals surface area contributed by atoms with E-state index in [-0.39, 0.29) is 5.79 Å². The molecule has 2 fully saturated rings. The van der Waals surface area contributed by atoms with Crippen LogP contribution in [0.2, 0.25) is 0 Å². The molecule has 0 aromatic carbocycles. The number of ether oxygens (including phenoxy) is 2. The molecule has 0 radical (unpaired) electrons. The van der Waals surface area contributed by atoms with Crippen molar-refractivity contribution in [2.75, 3.05) is 26.2 Å². The van der Waals surface area contributed by atoms with Gasteiger partial charge in [0.15, 0.2) is 5.79 Å². The van der Waals surface area contributed by atoms with Gasteiger partial charge in [-0.1, -0.05) is 41.5 Å². The van der Waals surface area contributed by atoms with Crippen molar-refractivity contribution in [3.63, 3.8) is 0 Å². The molecule has 1 atom stereocenters. The summed E-state index contributed by atoms with van der Waals surface area (Å²) < 4.78 is 12.8. The van der Waals surface area contributed by atoms with E-state index < -0.39 is 0 Å². The van der Waals surface area contributed by atoms with Crippen molar-refractivity contribution < 1.29 is 9.47 Å². The smallest absolute Gasteiger partial charge is 0.168 e. The first-order valence-electron chi connectivity index (χ1n) is 10.9. The normalized spacial score (nSPS) is 31.2. The number of hydrogen-bond donors (Lipinski definition) is 0. The van der Waals surface area contributed by atoms with Gasteiger partial charge in [0.2, 0.25) is 0 Å². The predicted molar refractivity (Wildman–Crippen MR) is 106 cm³/mol. The molecular weight excluding hydrogens is 310 g/mol. The molecule has 0 aromatic rings. The zero-order chi connectivity index (χ0) is 18.5. The van der Waals surface area contributed by atoms with E-state index in [1.807, 2.05) is 0 Å². The Kier molecular flexibility index (Phi) is 7.79. The Labute approximate surface area is 156 Å². The maximum absolute atomic E-state index is 6.60. The summed E-state index contributed by atoms with van der Waals surface area (Å²) >= 11 is 0. The molecule has 148 valence electrons. The van der Waals surface area contributed by atoms with Crippen LogP contribution in [0.4, 0.5) is 0 Å². The average Bonchev–Trinajstić information content (AvgIpc) is 2.56. The number of hydrogen-bond acceptors (Lipinski definition) is 3. The standard InChI is InChI=1S/C22H43NO2/c1-7-14-23(15-8-2)17-20-11-16-24-22(25-20)12-9-19(10-13-22)21(5,6)18(3)4/h18-20H,7-17H2,1-6H3. The van der Waals surface area contributed by atoms with E-state index in [2.05, 4.69) is 46.4 Å². The van der Waals surface area contributed by atoms with Gasteiger partial charge in [0.05, 0.1) is 12.7 Å². The Balaban J connectivity index is 1.90. The van der Waals surface area contributed by atoms with Crippen LogP contribution >= 0.6 is 0 Å². The molecule has 0 amide bonds. The lowest BCUT2D eigenvalue weighted by atomic mass is 9.64. The van der Waals surface area contributed by atoms with Crippen molar-refractivity contribution >= 4 is 0 Å². The van der Waals surface area contributed by atoms with Crippen molar-refractivity contribution in [1.82, 2.24) is 4.90 Å². The Hall–Kier alpha value is -0.120. The van der Waals surface area contributed by atoms with E-state index in [0.29, 0.717) is 11.5 Å². The van der Waals surface area contributed by atoms with E-state index in [9.17, 15) is 0 Å². The molecule has 1 aliphatic heterocycles. The van der Waals surface area contributed by atoms with Crippen LogP contribution in [0.15, 0.2) is 0 Å². The van der Waals surface area contributed by atoms with E-state index in [4.69, 9.17) is 9.47 Å². The summed E-state index contributed by atoms with van der Waals surface area (Å²) in [5, 5.41) is 0. The zero-order valence-electron chi connectivity index (χ0n) is 17.8. The molecule has 25 heavy (non-hydrogen) atoms. The third-order valence-corrected chi connectivity index (χ3v) is 7.02. The molecule has 1 spiro atoms. The van der Waals surface area contributed by atoms with Crippen molar-refractivity contribution in [2.24, 2.45) is 17.3 Å². The Morgan fingerprint density at radius 3 is 2.16 bits per heavy atom. The van der Waals surface area contributed by atoms with Gasteiger partial charge in [-0.25, -0.2) is 0 Å². The second kappa shape index (κ2) is 9.19. The molecule has 3 heteroatoms. The summed E-state index contributed by atoms with van der Waals surface area (Å²) in [6.45, 7) is 18.5. The quantitative estimate of drug-likeness (QED) is 0.576. The van der Waals surface area contributed by atoms with Crippen LogP contribution < -0.4 is 0 Å². The molecule has 2 aliphatic rings. The molecule has 1 saturated heterocycles. The highest BCUT2D eigenvalue weighted by Gasteiger charge is 2.45. The fourth-order valence-corrected chi connectivity index (χ4v) is 4.65. The minimum Gasteiger partial charge on any atom is -0.350 e. The van der Waals surface area contributed by atoms with Crippen molar-refractivity contribution in [3.05, 3.63) is 0 Å². The molecular formula is C22H43NO2. The second-order valence-electron chi connectivity index (χ2n) is 9.34. The number of nitrogens with zero attached hydrogens (tertiary/aromatic N) is 1. The van der Waals surface area contributed by atoms with E-state index in [1.54, 1.807) is 0 Å². The fourth-order valence-electron chi connectivity index (χ4n) is 4.65. The Bertz CT molecular complexity index is 379. The van der Waals surface area contributed by atoms with E-state index >= 15 is 0 Å².